The molecule has 0 spiro atoms. The molecular formula is C17H24N4OS. The first-order valence-electron chi connectivity index (χ1n) is 7.91. The Kier molecular flexibility index (Phi) is 7.56. The van der Waals surface area contributed by atoms with Gasteiger partial charge in [0.2, 0.25) is 0 Å². The number of aromatic nitrogens is 1. The Bertz CT molecular complexity index is 598. The monoisotopic (exact) mass is 332 g/mol. The highest BCUT2D eigenvalue weighted by molar-refractivity contribution is 7.13. The molecule has 1 aromatic carbocycles. The van der Waals surface area contributed by atoms with E-state index in [1.807, 2.05) is 25.1 Å². The normalized spacial score (nSPS) is 11.6. The van der Waals surface area contributed by atoms with E-state index in [0.717, 1.165) is 48.9 Å². The van der Waals surface area contributed by atoms with Gasteiger partial charge in [0.15, 0.2) is 5.96 Å². The van der Waals surface area contributed by atoms with Crippen molar-refractivity contribution in [2.45, 2.75) is 19.8 Å². The summed E-state index contributed by atoms with van der Waals surface area (Å²) in [6.07, 6.45) is 1.72. The molecule has 0 aliphatic heterocycles. The van der Waals surface area contributed by atoms with Gasteiger partial charge in [0, 0.05) is 43.7 Å². The van der Waals surface area contributed by atoms with Gasteiger partial charge in [-0.25, -0.2) is 4.98 Å². The third-order valence-corrected chi connectivity index (χ3v) is 4.13. The van der Waals surface area contributed by atoms with Gasteiger partial charge in [-0.15, -0.1) is 11.3 Å². The molecule has 2 aromatic rings. The lowest BCUT2D eigenvalue weighted by Crippen LogP contribution is -2.33. The topological polar surface area (TPSA) is 72.5 Å². The van der Waals surface area contributed by atoms with Gasteiger partial charge in [-0.05, 0) is 13.3 Å². The second kappa shape index (κ2) is 9.97. The van der Waals surface area contributed by atoms with Gasteiger partial charge in [0.1, 0.15) is 5.01 Å². The first-order valence-corrected chi connectivity index (χ1v) is 8.79. The van der Waals surface area contributed by atoms with E-state index in [9.17, 15) is 0 Å². The average Bonchev–Trinajstić information content (AvgIpc) is 3.04. The van der Waals surface area contributed by atoms with E-state index in [0.29, 0.717) is 12.5 Å². The number of nitrogens with zero attached hydrogens (tertiary/aromatic N) is 2. The van der Waals surface area contributed by atoms with Gasteiger partial charge >= 0.3 is 0 Å². The van der Waals surface area contributed by atoms with Crippen molar-refractivity contribution >= 4 is 17.3 Å². The standard InChI is InChI=1S/C17H24N4OS/c1-2-22-12-6-10-19-17(18)20-11-9-15-13-23-16(21-15)14-7-4-3-5-8-14/h3-5,7-8,13H,2,6,9-12H2,1H3,(H3,18,19,20). The molecule has 1 heterocycles. The number of nitrogens with two attached hydrogens (primary N) is 1. The number of aliphatic imine (C=N–C) groups is 1. The molecular weight excluding hydrogens is 308 g/mol. The van der Waals surface area contributed by atoms with Crippen molar-refractivity contribution < 1.29 is 4.74 Å². The molecule has 0 atom stereocenters. The summed E-state index contributed by atoms with van der Waals surface area (Å²) in [7, 11) is 0. The molecule has 0 saturated heterocycles. The van der Waals surface area contributed by atoms with E-state index in [-0.39, 0.29) is 0 Å². The fourth-order valence-electron chi connectivity index (χ4n) is 2.02. The lowest BCUT2D eigenvalue weighted by Gasteiger charge is -2.04. The summed E-state index contributed by atoms with van der Waals surface area (Å²) >= 11 is 1.67. The Hall–Kier alpha value is -1.92. The van der Waals surface area contributed by atoms with Crippen LogP contribution in [0.2, 0.25) is 0 Å². The van der Waals surface area contributed by atoms with Crippen LogP contribution in [0, 0.1) is 0 Å². The number of benzene rings is 1. The number of rotatable bonds is 9. The fourth-order valence-corrected chi connectivity index (χ4v) is 2.88. The zero-order chi connectivity index (χ0) is 16.3. The first-order chi connectivity index (χ1) is 11.3. The summed E-state index contributed by atoms with van der Waals surface area (Å²) < 4.78 is 5.26. The van der Waals surface area contributed by atoms with E-state index in [1.165, 1.54) is 0 Å². The molecule has 6 heteroatoms. The van der Waals surface area contributed by atoms with Crippen molar-refractivity contribution in [3.05, 3.63) is 41.4 Å². The Morgan fingerprint density at radius 3 is 2.96 bits per heavy atom. The molecule has 23 heavy (non-hydrogen) atoms. The second-order valence-corrected chi connectivity index (χ2v) is 5.86. The maximum absolute atomic E-state index is 5.83. The summed E-state index contributed by atoms with van der Waals surface area (Å²) in [5.74, 6) is 0.486. The molecule has 0 unspecified atom stereocenters. The van der Waals surface area contributed by atoms with Crippen LogP contribution in [0.3, 0.4) is 0 Å². The molecule has 0 bridgehead atoms. The molecule has 5 nitrogen and oxygen atoms in total. The lowest BCUT2D eigenvalue weighted by molar-refractivity contribution is 0.146. The molecule has 2 rings (SSSR count). The van der Waals surface area contributed by atoms with E-state index in [1.54, 1.807) is 11.3 Å². The first kappa shape index (κ1) is 17.4. The summed E-state index contributed by atoms with van der Waals surface area (Å²) in [4.78, 5) is 8.92. The van der Waals surface area contributed by atoms with Crippen LogP contribution >= 0.6 is 11.3 Å². The van der Waals surface area contributed by atoms with Crippen LogP contribution in [-0.4, -0.2) is 37.2 Å². The minimum absolute atomic E-state index is 0.486. The zero-order valence-corrected chi connectivity index (χ0v) is 14.3. The predicted molar refractivity (Wildman–Crippen MR) is 96.9 cm³/mol. The van der Waals surface area contributed by atoms with Gasteiger partial charge in [-0.1, -0.05) is 30.3 Å². The fraction of sp³-hybridized carbons (Fsp3) is 0.412. The maximum Gasteiger partial charge on any atom is 0.188 e. The van der Waals surface area contributed by atoms with E-state index >= 15 is 0 Å². The predicted octanol–water partition coefficient (Wildman–Crippen LogP) is 2.68. The maximum atomic E-state index is 5.83. The van der Waals surface area contributed by atoms with E-state index in [2.05, 4.69) is 32.8 Å². The van der Waals surface area contributed by atoms with Crippen molar-refractivity contribution in [3.8, 4) is 10.6 Å². The van der Waals surface area contributed by atoms with Crippen molar-refractivity contribution in [3.63, 3.8) is 0 Å². The molecule has 1 aromatic heterocycles. The number of hydrogen-bond acceptors (Lipinski definition) is 4. The Labute approximate surface area is 141 Å². The number of nitrogens with one attached hydrogen (secondary N) is 1. The summed E-state index contributed by atoms with van der Waals surface area (Å²) in [5.41, 5.74) is 8.06. The lowest BCUT2D eigenvalue weighted by atomic mass is 10.2. The molecule has 0 fully saturated rings. The Morgan fingerprint density at radius 1 is 1.35 bits per heavy atom. The molecule has 124 valence electrons. The van der Waals surface area contributed by atoms with Crippen LogP contribution in [-0.2, 0) is 11.2 Å². The Balaban J connectivity index is 1.70. The molecule has 0 aliphatic carbocycles. The van der Waals surface area contributed by atoms with Crippen molar-refractivity contribution in [1.29, 1.82) is 0 Å². The molecule has 0 amide bonds. The van der Waals surface area contributed by atoms with Gasteiger partial charge < -0.3 is 15.8 Å². The van der Waals surface area contributed by atoms with E-state index in [4.69, 9.17) is 10.5 Å². The minimum Gasteiger partial charge on any atom is -0.382 e. The van der Waals surface area contributed by atoms with Gasteiger partial charge in [0.25, 0.3) is 0 Å². The number of guanidine groups is 1. The smallest absolute Gasteiger partial charge is 0.188 e. The summed E-state index contributed by atoms with van der Waals surface area (Å²) in [6.45, 7) is 4.89. The number of thiazole rings is 1. The van der Waals surface area contributed by atoms with Gasteiger partial charge in [-0.2, -0.15) is 0 Å². The molecule has 3 N–H and O–H groups in total. The minimum atomic E-state index is 0.486. The Morgan fingerprint density at radius 2 is 2.17 bits per heavy atom. The second-order valence-electron chi connectivity index (χ2n) is 5.00. The van der Waals surface area contributed by atoms with Crippen LogP contribution in [0.5, 0.6) is 0 Å². The van der Waals surface area contributed by atoms with Crippen molar-refractivity contribution in [2.75, 3.05) is 26.3 Å². The molecule has 0 aliphatic rings. The third-order valence-electron chi connectivity index (χ3n) is 3.19. The molecule has 0 radical (unpaired) electrons. The SMILES string of the molecule is CCOCCCN=C(N)NCCc1csc(-c2ccccc2)n1. The van der Waals surface area contributed by atoms with Crippen LogP contribution in [0.25, 0.3) is 10.6 Å². The highest BCUT2D eigenvalue weighted by atomic mass is 32.1. The highest BCUT2D eigenvalue weighted by Crippen LogP contribution is 2.23. The largest absolute Gasteiger partial charge is 0.382 e. The van der Waals surface area contributed by atoms with Crippen molar-refractivity contribution in [2.24, 2.45) is 10.7 Å². The van der Waals surface area contributed by atoms with Crippen LogP contribution in [0.15, 0.2) is 40.7 Å². The molecule has 0 saturated carbocycles. The van der Waals surface area contributed by atoms with Crippen LogP contribution in [0.1, 0.15) is 19.0 Å². The highest BCUT2D eigenvalue weighted by Gasteiger charge is 2.04. The van der Waals surface area contributed by atoms with Gasteiger partial charge in [-0.3, -0.25) is 4.99 Å². The average molecular weight is 332 g/mol. The van der Waals surface area contributed by atoms with Crippen LogP contribution in [0.4, 0.5) is 0 Å². The van der Waals surface area contributed by atoms with E-state index < -0.39 is 0 Å². The number of hydrogen-bond donors (Lipinski definition) is 2. The van der Waals surface area contributed by atoms with Crippen molar-refractivity contribution in [1.82, 2.24) is 10.3 Å². The van der Waals surface area contributed by atoms with Gasteiger partial charge in [0.05, 0.1) is 5.69 Å². The summed E-state index contributed by atoms with van der Waals surface area (Å²) in [5, 5.41) is 6.27. The summed E-state index contributed by atoms with van der Waals surface area (Å²) in [6, 6.07) is 10.2. The third kappa shape index (κ3) is 6.38. The van der Waals surface area contributed by atoms with Crippen LogP contribution < -0.4 is 11.1 Å². The quantitative estimate of drug-likeness (QED) is 0.421. The number of ether oxygens (including phenoxy) is 1. The zero-order valence-electron chi connectivity index (χ0n) is 13.5.